The van der Waals surface area contributed by atoms with Crippen molar-refractivity contribution in [3.63, 3.8) is 0 Å². The van der Waals surface area contributed by atoms with Crippen LogP contribution in [0.1, 0.15) is 23.5 Å². The molecule has 1 aromatic heterocycles. The molecule has 0 aliphatic carbocycles. The molecule has 9 nitrogen and oxygen atoms in total. The molecule has 0 saturated carbocycles. The van der Waals surface area contributed by atoms with Gasteiger partial charge in [-0.05, 0) is 13.0 Å². The van der Waals surface area contributed by atoms with Crippen LogP contribution in [-0.2, 0) is 4.79 Å². The standard InChI is InChI=1S/C14H14N4O5/c1-7(11(19)16-14(23)15-2)18-12(20)9-6-4-3-5-8(9)10(17-18)13(21)22/h3-7H,1-2H3,(H,21,22)(H2,15,16,19,23)/t7-/m0/s1. The first-order chi connectivity index (χ1) is 10.9. The lowest BCUT2D eigenvalue weighted by Crippen LogP contribution is -2.43. The number of carboxylic acid groups (broad SMARTS) is 1. The number of aromatic carboxylic acids is 1. The van der Waals surface area contributed by atoms with E-state index in [4.69, 9.17) is 0 Å². The second-order valence-corrected chi connectivity index (χ2v) is 4.69. The smallest absolute Gasteiger partial charge is 0.357 e. The summed E-state index contributed by atoms with van der Waals surface area (Å²) in [4.78, 5) is 46.9. The van der Waals surface area contributed by atoms with E-state index in [9.17, 15) is 24.3 Å². The number of urea groups is 1. The number of amides is 3. The highest BCUT2D eigenvalue weighted by Gasteiger charge is 2.23. The Bertz CT molecular complexity index is 858. The number of carbonyl (C=O) groups is 3. The molecule has 3 N–H and O–H groups in total. The molecule has 0 spiro atoms. The molecule has 0 unspecified atom stereocenters. The van der Waals surface area contributed by atoms with Crippen LogP contribution >= 0.6 is 0 Å². The molecule has 0 radical (unpaired) electrons. The summed E-state index contributed by atoms with van der Waals surface area (Å²) in [6.45, 7) is 1.34. The summed E-state index contributed by atoms with van der Waals surface area (Å²) in [5.74, 6) is -2.11. The predicted octanol–water partition coefficient (Wildman–Crippen LogP) is 0.111. The fraction of sp³-hybridized carbons (Fsp3) is 0.214. The van der Waals surface area contributed by atoms with Crippen LogP contribution in [0.5, 0.6) is 0 Å². The summed E-state index contributed by atoms with van der Waals surface area (Å²) < 4.78 is 0.754. The average molecular weight is 318 g/mol. The summed E-state index contributed by atoms with van der Waals surface area (Å²) in [5, 5.41) is 17.5. The Morgan fingerprint density at radius 3 is 2.39 bits per heavy atom. The van der Waals surface area contributed by atoms with Gasteiger partial charge < -0.3 is 10.4 Å². The second-order valence-electron chi connectivity index (χ2n) is 4.69. The number of fused-ring (bicyclic) bond motifs is 1. The molecule has 0 aliphatic heterocycles. The Labute approximate surface area is 129 Å². The first kappa shape index (κ1) is 16.1. The van der Waals surface area contributed by atoms with Gasteiger partial charge in [0.15, 0.2) is 5.69 Å². The number of hydrogen-bond acceptors (Lipinski definition) is 5. The molecule has 0 bridgehead atoms. The molecule has 0 fully saturated rings. The zero-order chi connectivity index (χ0) is 17.1. The number of benzene rings is 1. The number of imide groups is 1. The maximum atomic E-state index is 12.4. The van der Waals surface area contributed by atoms with E-state index in [0.717, 1.165) is 4.68 Å². The minimum atomic E-state index is -1.33. The number of rotatable bonds is 3. The Morgan fingerprint density at radius 1 is 1.22 bits per heavy atom. The van der Waals surface area contributed by atoms with Crippen molar-refractivity contribution in [2.24, 2.45) is 0 Å². The van der Waals surface area contributed by atoms with Crippen LogP contribution in [0.3, 0.4) is 0 Å². The normalized spacial score (nSPS) is 11.7. The number of nitrogens with one attached hydrogen (secondary N) is 2. The van der Waals surface area contributed by atoms with Gasteiger partial charge in [0.05, 0.1) is 5.39 Å². The predicted molar refractivity (Wildman–Crippen MR) is 80.3 cm³/mol. The maximum absolute atomic E-state index is 12.4. The van der Waals surface area contributed by atoms with Crippen LogP contribution < -0.4 is 16.2 Å². The molecule has 1 aromatic carbocycles. The van der Waals surface area contributed by atoms with Gasteiger partial charge in [-0.1, -0.05) is 18.2 Å². The van der Waals surface area contributed by atoms with Gasteiger partial charge in [-0.25, -0.2) is 14.3 Å². The van der Waals surface area contributed by atoms with Crippen LogP contribution in [0.15, 0.2) is 29.1 Å². The number of hydrogen-bond donors (Lipinski definition) is 3. The Balaban J connectivity index is 2.59. The summed E-state index contributed by atoms with van der Waals surface area (Å²) in [5.41, 5.74) is -0.968. The monoisotopic (exact) mass is 318 g/mol. The molecule has 0 aliphatic rings. The number of carboxylic acids is 1. The van der Waals surface area contributed by atoms with Crippen molar-refractivity contribution < 1.29 is 19.5 Å². The summed E-state index contributed by atoms with van der Waals surface area (Å²) in [6.07, 6.45) is 0. The van der Waals surface area contributed by atoms with Crippen molar-refractivity contribution in [3.8, 4) is 0 Å². The molecular formula is C14H14N4O5. The highest BCUT2D eigenvalue weighted by Crippen LogP contribution is 2.14. The van der Waals surface area contributed by atoms with Crippen molar-refractivity contribution in [3.05, 3.63) is 40.3 Å². The van der Waals surface area contributed by atoms with Crippen LogP contribution in [0.2, 0.25) is 0 Å². The van der Waals surface area contributed by atoms with Crippen LogP contribution in [-0.4, -0.2) is 39.8 Å². The maximum Gasteiger partial charge on any atom is 0.357 e. The first-order valence-electron chi connectivity index (χ1n) is 6.64. The Kier molecular flexibility index (Phi) is 4.39. The van der Waals surface area contributed by atoms with Crippen LogP contribution in [0, 0.1) is 0 Å². The first-order valence-corrected chi connectivity index (χ1v) is 6.64. The number of aromatic nitrogens is 2. The SMILES string of the molecule is CNC(=O)NC(=O)[C@H](C)n1nc(C(=O)O)c2ccccc2c1=O. The third kappa shape index (κ3) is 3.03. The minimum Gasteiger partial charge on any atom is -0.476 e. The topological polar surface area (TPSA) is 130 Å². The lowest BCUT2D eigenvalue weighted by atomic mass is 10.1. The van der Waals surface area contributed by atoms with E-state index < -0.39 is 29.5 Å². The number of carbonyl (C=O) groups excluding carboxylic acids is 2. The highest BCUT2D eigenvalue weighted by atomic mass is 16.4. The molecule has 2 aromatic rings. The van der Waals surface area contributed by atoms with Gasteiger partial charge in [0, 0.05) is 12.4 Å². The van der Waals surface area contributed by atoms with Gasteiger partial charge in [-0.3, -0.25) is 14.9 Å². The van der Waals surface area contributed by atoms with E-state index in [-0.39, 0.29) is 16.5 Å². The summed E-state index contributed by atoms with van der Waals surface area (Å²) in [7, 11) is 1.33. The van der Waals surface area contributed by atoms with Gasteiger partial charge in [0.25, 0.3) is 11.5 Å². The zero-order valence-electron chi connectivity index (χ0n) is 12.4. The summed E-state index contributed by atoms with van der Waals surface area (Å²) in [6, 6.07) is 4.17. The van der Waals surface area contributed by atoms with Crippen LogP contribution in [0.4, 0.5) is 4.79 Å². The summed E-state index contributed by atoms with van der Waals surface area (Å²) >= 11 is 0. The highest BCUT2D eigenvalue weighted by molar-refractivity contribution is 6.01. The molecule has 2 rings (SSSR count). The largest absolute Gasteiger partial charge is 0.476 e. The van der Waals surface area contributed by atoms with Gasteiger partial charge in [-0.2, -0.15) is 5.10 Å². The second kappa shape index (κ2) is 6.26. The Hall–Kier alpha value is -3.23. The molecular weight excluding hydrogens is 304 g/mol. The van der Waals surface area contributed by atoms with Crippen molar-refractivity contribution in [2.75, 3.05) is 7.05 Å². The van der Waals surface area contributed by atoms with E-state index in [1.165, 1.54) is 26.1 Å². The van der Waals surface area contributed by atoms with Gasteiger partial charge in [0.1, 0.15) is 6.04 Å². The average Bonchev–Trinajstić information content (AvgIpc) is 2.54. The molecule has 23 heavy (non-hydrogen) atoms. The van der Waals surface area contributed by atoms with E-state index >= 15 is 0 Å². The third-order valence-corrected chi connectivity index (χ3v) is 3.24. The lowest BCUT2D eigenvalue weighted by Gasteiger charge is -2.15. The van der Waals surface area contributed by atoms with E-state index in [1.54, 1.807) is 12.1 Å². The molecule has 0 saturated heterocycles. The van der Waals surface area contributed by atoms with Gasteiger partial charge in [-0.15, -0.1) is 0 Å². The van der Waals surface area contributed by atoms with Crippen molar-refractivity contribution in [1.29, 1.82) is 0 Å². The van der Waals surface area contributed by atoms with Crippen molar-refractivity contribution in [1.82, 2.24) is 20.4 Å². The van der Waals surface area contributed by atoms with E-state index in [2.05, 4.69) is 10.4 Å². The minimum absolute atomic E-state index is 0.125. The number of nitrogens with zero attached hydrogens (tertiary/aromatic N) is 2. The van der Waals surface area contributed by atoms with Crippen molar-refractivity contribution in [2.45, 2.75) is 13.0 Å². The quantitative estimate of drug-likeness (QED) is 0.736. The lowest BCUT2D eigenvalue weighted by molar-refractivity contribution is -0.123. The molecule has 1 atom stereocenters. The van der Waals surface area contributed by atoms with Crippen molar-refractivity contribution >= 4 is 28.7 Å². The molecule has 3 amide bonds. The van der Waals surface area contributed by atoms with Crippen LogP contribution in [0.25, 0.3) is 10.8 Å². The molecule has 9 heteroatoms. The zero-order valence-corrected chi connectivity index (χ0v) is 12.4. The fourth-order valence-corrected chi connectivity index (χ4v) is 2.02. The van der Waals surface area contributed by atoms with E-state index in [1.807, 2.05) is 5.32 Å². The van der Waals surface area contributed by atoms with E-state index in [0.29, 0.717) is 0 Å². The van der Waals surface area contributed by atoms with Gasteiger partial charge >= 0.3 is 12.0 Å². The Morgan fingerprint density at radius 2 is 1.83 bits per heavy atom. The molecule has 120 valence electrons. The fourth-order valence-electron chi connectivity index (χ4n) is 2.02. The molecule has 1 heterocycles. The third-order valence-electron chi connectivity index (χ3n) is 3.24. The van der Waals surface area contributed by atoms with Gasteiger partial charge in [0.2, 0.25) is 0 Å².